The maximum Gasteiger partial charge on any atom is 0.143 e. The number of pyridine rings is 1. The minimum Gasteiger partial charge on any atom is -0.768 e. The molecule has 1 aromatic rings. The summed E-state index contributed by atoms with van der Waals surface area (Å²) in [5.41, 5.74) is 0. The van der Waals surface area contributed by atoms with E-state index in [4.69, 9.17) is 11.6 Å². The Bertz CT molecular complexity index is 307. The van der Waals surface area contributed by atoms with Crippen LogP contribution in [0.2, 0.25) is 5.15 Å². The van der Waals surface area contributed by atoms with Crippen molar-refractivity contribution in [3.8, 4) is 0 Å². The summed E-state index contributed by atoms with van der Waals surface area (Å²) in [5, 5.41) is 0.249. The molecular weight excluding hydrogens is 253 g/mol. The molecule has 0 aromatic carbocycles. The highest BCUT2D eigenvalue weighted by atomic mass is 79.9. The van der Waals surface area contributed by atoms with Gasteiger partial charge >= 0.3 is 0 Å². The van der Waals surface area contributed by atoms with E-state index in [1.165, 1.54) is 12.3 Å². The Kier molecular flexibility index (Phi) is 3.00. The molecule has 0 spiro atoms. The van der Waals surface area contributed by atoms with Gasteiger partial charge in [-0.25, -0.2) is 4.98 Å². The fraction of sp³-hybridized carbons (Fsp3) is 0. The first-order valence-electron chi connectivity index (χ1n) is 2.51. The zero-order chi connectivity index (χ0) is 8.43. The lowest BCUT2D eigenvalue weighted by Crippen LogP contribution is -1.90. The highest BCUT2D eigenvalue weighted by molar-refractivity contribution is 9.10. The van der Waals surface area contributed by atoms with Gasteiger partial charge in [0.05, 0.1) is 4.47 Å². The summed E-state index contributed by atoms with van der Waals surface area (Å²) < 4.78 is 21.2. The Morgan fingerprint density at radius 1 is 1.73 bits per heavy atom. The van der Waals surface area contributed by atoms with E-state index >= 15 is 0 Å². The molecule has 0 N–H and O–H groups in total. The van der Waals surface area contributed by atoms with Gasteiger partial charge in [0.2, 0.25) is 0 Å². The van der Waals surface area contributed by atoms with Crippen molar-refractivity contribution in [2.24, 2.45) is 0 Å². The van der Waals surface area contributed by atoms with Gasteiger partial charge in [0.15, 0.2) is 0 Å². The molecular formula is C5H2BrClNO2S-. The van der Waals surface area contributed by atoms with Crippen LogP contribution in [0.4, 0.5) is 0 Å². The highest BCUT2D eigenvalue weighted by Gasteiger charge is 1.99. The number of aromatic nitrogens is 1. The average molecular weight is 255 g/mol. The van der Waals surface area contributed by atoms with E-state index < -0.39 is 11.1 Å². The van der Waals surface area contributed by atoms with Crippen LogP contribution in [0.15, 0.2) is 21.6 Å². The largest absolute Gasteiger partial charge is 0.768 e. The second kappa shape index (κ2) is 3.62. The van der Waals surface area contributed by atoms with Gasteiger partial charge in [-0.2, -0.15) is 0 Å². The van der Waals surface area contributed by atoms with Gasteiger partial charge < -0.3 is 4.55 Å². The van der Waals surface area contributed by atoms with E-state index in [2.05, 4.69) is 20.9 Å². The average Bonchev–Trinajstić information content (AvgIpc) is 1.94. The first-order chi connectivity index (χ1) is 5.11. The molecule has 0 aliphatic heterocycles. The third-order valence-corrected chi connectivity index (χ3v) is 2.71. The summed E-state index contributed by atoms with van der Waals surface area (Å²) >= 11 is 6.32. The minimum absolute atomic E-state index is 0.112. The van der Waals surface area contributed by atoms with Crippen LogP contribution in [0.5, 0.6) is 0 Å². The van der Waals surface area contributed by atoms with Crippen molar-refractivity contribution >= 4 is 38.6 Å². The van der Waals surface area contributed by atoms with Crippen LogP contribution in [0.3, 0.4) is 0 Å². The van der Waals surface area contributed by atoms with Crippen molar-refractivity contribution in [1.82, 2.24) is 4.98 Å². The lowest BCUT2D eigenvalue weighted by molar-refractivity contribution is 0.536. The second-order valence-electron chi connectivity index (χ2n) is 1.68. The van der Waals surface area contributed by atoms with Crippen LogP contribution >= 0.6 is 27.5 Å². The summed E-state index contributed by atoms with van der Waals surface area (Å²) in [6.45, 7) is 0. The highest BCUT2D eigenvalue weighted by Crippen LogP contribution is 2.21. The first-order valence-corrected chi connectivity index (χ1v) is 4.76. The molecule has 0 amide bonds. The molecule has 1 aromatic heterocycles. The molecule has 1 unspecified atom stereocenters. The maximum absolute atomic E-state index is 10.4. The molecule has 0 radical (unpaired) electrons. The van der Waals surface area contributed by atoms with Crippen LogP contribution < -0.4 is 0 Å². The molecule has 1 atom stereocenters. The Labute approximate surface area is 79.2 Å². The Morgan fingerprint density at radius 3 is 2.82 bits per heavy atom. The normalized spacial score (nSPS) is 13.0. The molecule has 0 aliphatic carbocycles. The third-order valence-electron chi connectivity index (χ3n) is 0.964. The van der Waals surface area contributed by atoms with Crippen molar-refractivity contribution in [3.05, 3.63) is 21.9 Å². The summed E-state index contributed by atoms with van der Waals surface area (Å²) in [6, 6.07) is 1.39. The lowest BCUT2D eigenvalue weighted by Gasteiger charge is -2.04. The number of hydrogen-bond donors (Lipinski definition) is 0. The van der Waals surface area contributed by atoms with Crippen LogP contribution in [0, 0.1) is 0 Å². The predicted octanol–water partition coefficient (Wildman–Crippen LogP) is 1.74. The van der Waals surface area contributed by atoms with E-state index in [9.17, 15) is 8.76 Å². The molecule has 1 rings (SSSR count). The zero-order valence-corrected chi connectivity index (χ0v) is 8.24. The SMILES string of the molecule is O=S([O-])c1cnc(Cl)c(Br)c1. The van der Waals surface area contributed by atoms with Crippen LogP contribution in [-0.2, 0) is 11.1 Å². The van der Waals surface area contributed by atoms with Gasteiger partial charge in [-0.15, -0.1) is 0 Å². The Balaban J connectivity index is 3.15. The molecule has 0 saturated heterocycles. The van der Waals surface area contributed by atoms with Crippen molar-refractivity contribution in [1.29, 1.82) is 0 Å². The van der Waals surface area contributed by atoms with Crippen molar-refractivity contribution < 1.29 is 8.76 Å². The van der Waals surface area contributed by atoms with Crippen molar-refractivity contribution in [3.63, 3.8) is 0 Å². The molecule has 0 fully saturated rings. The quantitative estimate of drug-likeness (QED) is 0.567. The van der Waals surface area contributed by atoms with Crippen molar-refractivity contribution in [2.75, 3.05) is 0 Å². The fourth-order valence-corrected chi connectivity index (χ4v) is 1.45. The van der Waals surface area contributed by atoms with Gasteiger partial charge in [-0.1, -0.05) is 11.6 Å². The summed E-state index contributed by atoms with van der Waals surface area (Å²) in [5.74, 6) is 0. The van der Waals surface area contributed by atoms with Gasteiger partial charge in [0.1, 0.15) is 5.15 Å². The molecule has 3 nitrogen and oxygen atoms in total. The number of hydrogen-bond acceptors (Lipinski definition) is 3. The molecule has 6 heteroatoms. The fourth-order valence-electron chi connectivity index (χ4n) is 0.495. The van der Waals surface area contributed by atoms with E-state index in [1.807, 2.05) is 0 Å². The second-order valence-corrected chi connectivity index (χ2v) is 3.83. The van der Waals surface area contributed by atoms with E-state index in [0.717, 1.165) is 0 Å². The van der Waals surface area contributed by atoms with Gasteiger partial charge in [-0.3, -0.25) is 4.21 Å². The number of rotatable bonds is 1. The molecule has 11 heavy (non-hydrogen) atoms. The van der Waals surface area contributed by atoms with Crippen molar-refractivity contribution in [2.45, 2.75) is 4.90 Å². The van der Waals surface area contributed by atoms with Crippen LogP contribution in [-0.4, -0.2) is 13.7 Å². The van der Waals surface area contributed by atoms with Crippen LogP contribution in [0.25, 0.3) is 0 Å². The standard InChI is InChI=1S/C5H3BrClNO2S/c6-4-1-3(11(9)10)2-8-5(4)7/h1-2H,(H,9,10)/p-1. The van der Waals surface area contributed by atoms with E-state index in [0.29, 0.717) is 4.47 Å². The Hall–Kier alpha value is 0.0300. The minimum atomic E-state index is -2.25. The monoisotopic (exact) mass is 254 g/mol. The molecule has 0 aliphatic rings. The predicted molar refractivity (Wildman–Crippen MR) is 44.1 cm³/mol. The molecule has 0 saturated carbocycles. The molecule has 60 valence electrons. The Morgan fingerprint density at radius 2 is 2.36 bits per heavy atom. The lowest BCUT2D eigenvalue weighted by atomic mass is 10.5. The first kappa shape index (κ1) is 9.12. The maximum atomic E-state index is 10.4. The topological polar surface area (TPSA) is 53.0 Å². The summed E-state index contributed by atoms with van der Waals surface area (Å²) in [4.78, 5) is 3.74. The van der Waals surface area contributed by atoms with Gasteiger partial charge in [0.25, 0.3) is 0 Å². The molecule has 1 heterocycles. The number of halogens is 2. The molecule has 0 bridgehead atoms. The number of nitrogens with zero attached hydrogens (tertiary/aromatic N) is 1. The smallest absolute Gasteiger partial charge is 0.143 e. The van der Waals surface area contributed by atoms with Gasteiger partial charge in [0, 0.05) is 11.1 Å². The summed E-state index contributed by atoms with van der Waals surface area (Å²) in [7, 11) is 0. The van der Waals surface area contributed by atoms with Gasteiger partial charge in [-0.05, 0) is 33.1 Å². The van der Waals surface area contributed by atoms with Crippen LogP contribution in [0.1, 0.15) is 0 Å². The zero-order valence-electron chi connectivity index (χ0n) is 5.08. The third kappa shape index (κ3) is 2.23. The summed E-state index contributed by atoms with van der Waals surface area (Å²) in [6.07, 6.45) is 1.19. The van der Waals surface area contributed by atoms with E-state index in [-0.39, 0.29) is 10.0 Å². The van der Waals surface area contributed by atoms with E-state index in [1.54, 1.807) is 0 Å².